The summed E-state index contributed by atoms with van der Waals surface area (Å²) in [5.74, 6) is 6.31. The molecule has 7 atom stereocenters. The molecule has 0 radical (unpaired) electrons. The highest BCUT2D eigenvalue weighted by Crippen LogP contribution is 2.65. The first-order valence-corrected chi connectivity index (χ1v) is 8.01. The zero-order valence-corrected chi connectivity index (χ0v) is 11.4. The van der Waals surface area contributed by atoms with Crippen molar-refractivity contribution in [1.82, 2.24) is 5.32 Å². The summed E-state index contributed by atoms with van der Waals surface area (Å²) < 4.78 is 0. The Morgan fingerprint density at radius 3 is 2.29 bits per heavy atom. The van der Waals surface area contributed by atoms with E-state index >= 15 is 0 Å². The van der Waals surface area contributed by atoms with Gasteiger partial charge in [-0.3, -0.25) is 0 Å². The molecule has 1 nitrogen and oxygen atoms in total. The molecule has 7 unspecified atom stereocenters. The number of hydrogen-bond donors (Lipinski definition) is 1. The monoisotopic (exact) mass is 233 g/mol. The fourth-order valence-electron chi connectivity index (χ4n) is 5.61. The second-order valence-corrected chi connectivity index (χ2v) is 7.55. The Kier molecular flexibility index (Phi) is 2.38. The van der Waals surface area contributed by atoms with Gasteiger partial charge in [0.25, 0.3) is 0 Å². The van der Waals surface area contributed by atoms with E-state index in [0.717, 1.165) is 47.6 Å². The molecule has 0 aromatic carbocycles. The van der Waals surface area contributed by atoms with Crippen LogP contribution in [0.4, 0.5) is 0 Å². The van der Waals surface area contributed by atoms with Crippen LogP contribution in [0.25, 0.3) is 0 Å². The maximum atomic E-state index is 4.08. The molecule has 0 aliphatic heterocycles. The fraction of sp³-hybridized carbons (Fsp3) is 1.00. The van der Waals surface area contributed by atoms with Gasteiger partial charge in [-0.1, -0.05) is 26.7 Å². The zero-order valence-electron chi connectivity index (χ0n) is 11.4. The SMILES string of the molecule is CC1CCCC(NC2C3C4CCC(C4)C23)C1C. The van der Waals surface area contributed by atoms with Crippen LogP contribution in [0, 0.1) is 35.5 Å². The van der Waals surface area contributed by atoms with Crippen molar-refractivity contribution in [2.75, 3.05) is 0 Å². The predicted octanol–water partition coefficient (Wildman–Crippen LogP) is 3.45. The van der Waals surface area contributed by atoms with Crippen LogP contribution in [-0.2, 0) is 0 Å². The topological polar surface area (TPSA) is 12.0 Å². The molecule has 17 heavy (non-hydrogen) atoms. The predicted molar refractivity (Wildman–Crippen MR) is 70.7 cm³/mol. The maximum Gasteiger partial charge on any atom is 0.0138 e. The van der Waals surface area contributed by atoms with Gasteiger partial charge >= 0.3 is 0 Å². The van der Waals surface area contributed by atoms with Crippen molar-refractivity contribution in [3.63, 3.8) is 0 Å². The van der Waals surface area contributed by atoms with Crippen LogP contribution < -0.4 is 5.32 Å². The van der Waals surface area contributed by atoms with Gasteiger partial charge in [0.2, 0.25) is 0 Å². The summed E-state index contributed by atoms with van der Waals surface area (Å²) in [4.78, 5) is 0. The molecule has 4 saturated carbocycles. The Hall–Kier alpha value is -0.0400. The first-order valence-electron chi connectivity index (χ1n) is 8.01. The average Bonchev–Trinajstić information content (AvgIpc) is 2.72. The lowest BCUT2D eigenvalue weighted by atomic mass is 9.78. The molecule has 4 fully saturated rings. The Labute approximate surface area is 106 Å². The van der Waals surface area contributed by atoms with Gasteiger partial charge in [-0.15, -0.1) is 0 Å². The lowest BCUT2D eigenvalue weighted by molar-refractivity contribution is 0.198. The van der Waals surface area contributed by atoms with Crippen molar-refractivity contribution in [3.05, 3.63) is 0 Å². The average molecular weight is 233 g/mol. The lowest BCUT2D eigenvalue weighted by Gasteiger charge is -2.35. The molecule has 0 saturated heterocycles. The number of hydrogen-bond acceptors (Lipinski definition) is 1. The van der Waals surface area contributed by atoms with E-state index < -0.39 is 0 Å². The number of rotatable bonds is 2. The van der Waals surface area contributed by atoms with Gasteiger partial charge in [-0.2, -0.15) is 0 Å². The third-order valence-electron chi connectivity index (χ3n) is 6.85. The van der Waals surface area contributed by atoms with Crippen molar-refractivity contribution in [2.24, 2.45) is 35.5 Å². The molecule has 4 aliphatic rings. The molecule has 0 spiro atoms. The minimum absolute atomic E-state index is 0.841. The highest BCUT2D eigenvalue weighted by molar-refractivity contribution is 5.17. The van der Waals surface area contributed by atoms with Gasteiger partial charge in [-0.05, 0) is 61.2 Å². The van der Waals surface area contributed by atoms with Crippen LogP contribution in [0.3, 0.4) is 0 Å². The number of nitrogens with one attached hydrogen (secondary N) is 1. The van der Waals surface area contributed by atoms with E-state index in [0.29, 0.717) is 0 Å². The minimum atomic E-state index is 0.841. The highest BCUT2D eigenvalue weighted by Gasteiger charge is 2.65. The second kappa shape index (κ2) is 3.73. The molecular formula is C16H27N. The van der Waals surface area contributed by atoms with Gasteiger partial charge < -0.3 is 5.32 Å². The third-order valence-corrected chi connectivity index (χ3v) is 6.85. The van der Waals surface area contributed by atoms with E-state index in [2.05, 4.69) is 19.2 Å². The van der Waals surface area contributed by atoms with Gasteiger partial charge in [0.05, 0.1) is 0 Å². The summed E-state index contributed by atoms with van der Waals surface area (Å²) in [5, 5.41) is 4.08. The van der Waals surface area contributed by atoms with Crippen LogP contribution >= 0.6 is 0 Å². The highest BCUT2D eigenvalue weighted by atomic mass is 15.1. The molecule has 4 aliphatic carbocycles. The van der Waals surface area contributed by atoms with Crippen LogP contribution in [0.15, 0.2) is 0 Å². The minimum Gasteiger partial charge on any atom is -0.310 e. The van der Waals surface area contributed by atoms with Crippen LogP contribution in [0.1, 0.15) is 52.4 Å². The first-order chi connectivity index (χ1) is 8.25. The molecular weight excluding hydrogens is 206 g/mol. The second-order valence-electron chi connectivity index (χ2n) is 7.55. The molecule has 1 heteroatoms. The smallest absolute Gasteiger partial charge is 0.0138 e. The van der Waals surface area contributed by atoms with Crippen molar-refractivity contribution in [2.45, 2.75) is 64.5 Å². The Morgan fingerprint density at radius 2 is 1.59 bits per heavy atom. The maximum absolute atomic E-state index is 4.08. The van der Waals surface area contributed by atoms with Crippen molar-refractivity contribution >= 4 is 0 Å². The molecule has 0 amide bonds. The molecule has 96 valence electrons. The number of fused-ring (bicyclic) bond motifs is 5. The fourth-order valence-corrected chi connectivity index (χ4v) is 5.61. The standard InChI is InChI=1S/C16H27N/c1-9-4-3-5-13(10(9)2)17-16-14-11-6-7-12(8-11)15(14)16/h9-17H,3-8H2,1-2H3. The van der Waals surface area contributed by atoms with Crippen molar-refractivity contribution in [1.29, 1.82) is 0 Å². The molecule has 0 aromatic rings. The molecule has 0 aromatic heterocycles. The van der Waals surface area contributed by atoms with E-state index in [9.17, 15) is 0 Å². The largest absolute Gasteiger partial charge is 0.310 e. The summed E-state index contributed by atoms with van der Waals surface area (Å²) >= 11 is 0. The van der Waals surface area contributed by atoms with Gasteiger partial charge in [0, 0.05) is 12.1 Å². The Bertz CT molecular complexity index is 297. The third kappa shape index (κ3) is 1.54. The Morgan fingerprint density at radius 1 is 0.882 bits per heavy atom. The summed E-state index contributed by atoms with van der Waals surface area (Å²) in [6, 6.07) is 1.78. The van der Waals surface area contributed by atoms with E-state index in [-0.39, 0.29) is 0 Å². The molecule has 1 N–H and O–H groups in total. The summed E-state index contributed by atoms with van der Waals surface area (Å²) in [6.07, 6.45) is 9.06. The van der Waals surface area contributed by atoms with Crippen LogP contribution in [0.2, 0.25) is 0 Å². The normalized spacial score (nSPS) is 60.4. The molecule has 0 heterocycles. The van der Waals surface area contributed by atoms with Gasteiger partial charge in [0.1, 0.15) is 0 Å². The first kappa shape index (κ1) is 10.8. The van der Waals surface area contributed by atoms with Gasteiger partial charge in [0.15, 0.2) is 0 Å². The van der Waals surface area contributed by atoms with Crippen molar-refractivity contribution < 1.29 is 0 Å². The quantitative estimate of drug-likeness (QED) is 0.770. The molecule has 2 bridgehead atoms. The van der Waals surface area contributed by atoms with E-state index in [1.165, 1.54) is 19.3 Å². The van der Waals surface area contributed by atoms with E-state index in [1.54, 1.807) is 19.3 Å². The zero-order chi connectivity index (χ0) is 11.6. The van der Waals surface area contributed by atoms with Crippen LogP contribution in [0.5, 0.6) is 0 Å². The lowest BCUT2D eigenvalue weighted by Crippen LogP contribution is -2.43. The van der Waals surface area contributed by atoms with Crippen LogP contribution in [-0.4, -0.2) is 12.1 Å². The summed E-state index contributed by atoms with van der Waals surface area (Å²) in [6.45, 7) is 4.93. The summed E-state index contributed by atoms with van der Waals surface area (Å²) in [7, 11) is 0. The summed E-state index contributed by atoms with van der Waals surface area (Å²) in [5.41, 5.74) is 0. The van der Waals surface area contributed by atoms with E-state index in [4.69, 9.17) is 0 Å². The molecule has 4 rings (SSSR count). The Balaban J connectivity index is 1.40. The van der Waals surface area contributed by atoms with Crippen molar-refractivity contribution in [3.8, 4) is 0 Å². The van der Waals surface area contributed by atoms with Gasteiger partial charge in [-0.25, -0.2) is 0 Å². The van der Waals surface area contributed by atoms with E-state index in [1.807, 2.05) is 0 Å².